The lowest BCUT2D eigenvalue weighted by molar-refractivity contribution is 0.0224. The first-order valence-electron chi connectivity index (χ1n) is 12.0. The number of nitrogens with zero attached hydrogens (tertiary/aromatic N) is 3. The van der Waals surface area contributed by atoms with E-state index in [1.807, 2.05) is 51.1 Å². The molecule has 36 heavy (non-hydrogen) atoms. The summed E-state index contributed by atoms with van der Waals surface area (Å²) < 4.78 is 5.49. The van der Waals surface area contributed by atoms with Crippen molar-refractivity contribution in [1.82, 2.24) is 15.1 Å². The molecular weight excluding hydrogens is 472 g/mol. The van der Waals surface area contributed by atoms with Gasteiger partial charge in [0, 0.05) is 25.1 Å². The van der Waals surface area contributed by atoms with Crippen LogP contribution < -0.4 is 5.32 Å². The zero-order chi connectivity index (χ0) is 25.3. The monoisotopic (exact) mass is 500 g/mol. The maximum atomic E-state index is 12.9. The lowest BCUT2D eigenvalue weighted by Gasteiger charge is -2.31. The number of aromatic nitrogens is 2. The lowest BCUT2D eigenvalue weighted by atomic mass is 9.97. The fourth-order valence-corrected chi connectivity index (χ4v) is 5.09. The first kappa shape index (κ1) is 23.9. The number of carbonyl (C=O) groups is 2. The van der Waals surface area contributed by atoms with Gasteiger partial charge < -0.3 is 9.64 Å². The van der Waals surface area contributed by atoms with Gasteiger partial charge in [0.15, 0.2) is 0 Å². The first-order valence-corrected chi connectivity index (χ1v) is 12.8. The van der Waals surface area contributed by atoms with Crippen molar-refractivity contribution in [2.75, 3.05) is 11.9 Å². The van der Waals surface area contributed by atoms with Crippen LogP contribution in [-0.2, 0) is 24.1 Å². The van der Waals surface area contributed by atoms with Gasteiger partial charge in [-0.1, -0.05) is 59.9 Å². The van der Waals surface area contributed by atoms with E-state index in [0.29, 0.717) is 36.6 Å². The van der Waals surface area contributed by atoms with E-state index in [-0.39, 0.29) is 12.0 Å². The van der Waals surface area contributed by atoms with Gasteiger partial charge in [0.25, 0.3) is 5.91 Å². The topological polar surface area (TPSA) is 84.4 Å². The van der Waals surface area contributed by atoms with E-state index in [9.17, 15) is 9.59 Å². The number of anilines is 1. The Morgan fingerprint density at radius 3 is 2.67 bits per heavy atom. The van der Waals surface area contributed by atoms with E-state index in [1.54, 1.807) is 11.0 Å². The van der Waals surface area contributed by atoms with Crippen LogP contribution in [0.3, 0.4) is 0 Å². The quantitative estimate of drug-likeness (QED) is 0.381. The number of carbonyl (C=O) groups excluding carboxylic acids is 2. The normalized spacial score (nSPS) is 13.4. The number of ether oxygens (including phenoxy) is 1. The van der Waals surface area contributed by atoms with Gasteiger partial charge in [-0.2, -0.15) is 0 Å². The molecule has 2 heterocycles. The second kappa shape index (κ2) is 9.70. The summed E-state index contributed by atoms with van der Waals surface area (Å²) in [6, 6.07) is 20.1. The summed E-state index contributed by atoms with van der Waals surface area (Å²) in [7, 11) is 0. The summed E-state index contributed by atoms with van der Waals surface area (Å²) in [5.41, 5.74) is 3.30. The van der Waals surface area contributed by atoms with Crippen molar-refractivity contribution in [3.8, 4) is 0 Å². The molecule has 4 aromatic rings. The van der Waals surface area contributed by atoms with Crippen molar-refractivity contribution in [2.45, 2.75) is 45.8 Å². The third-order valence-electron chi connectivity index (χ3n) is 6.04. The summed E-state index contributed by atoms with van der Waals surface area (Å²) >= 11 is 1.38. The molecule has 0 unspecified atom stereocenters. The zero-order valence-corrected chi connectivity index (χ0v) is 21.4. The van der Waals surface area contributed by atoms with Gasteiger partial charge in [-0.15, -0.1) is 10.2 Å². The highest BCUT2D eigenvalue weighted by atomic mass is 32.1. The van der Waals surface area contributed by atoms with Crippen LogP contribution in [0.25, 0.3) is 10.8 Å². The fourth-order valence-electron chi connectivity index (χ4n) is 4.33. The van der Waals surface area contributed by atoms with Crippen LogP contribution in [0, 0.1) is 0 Å². The van der Waals surface area contributed by atoms with Crippen LogP contribution in [0.2, 0.25) is 0 Å². The molecule has 7 nitrogen and oxygen atoms in total. The molecule has 8 heteroatoms. The van der Waals surface area contributed by atoms with Crippen molar-refractivity contribution >= 4 is 39.2 Å². The van der Waals surface area contributed by atoms with Gasteiger partial charge in [-0.3, -0.25) is 10.1 Å². The van der Waals surface area contributed by atoms with Gasteiger partial charge in [0.1, 0.15) is 10.6 Å². The molecule has 0 saturated carbocycles. The number of hydrogen-bond donors (Lipinski definition) is 1. The number of hydrogen-bond acceptors (Lipinski definition) is 6. The molecule has 1 N–H and O–H groups in total. The maximum Gasteiger partial charge on any atom is 0.410 e. The molecule has 0 aliphatic carbocycles. The van der Waals surface area contributed by atoms with Crippen LogP contribution in [-0.4, -0.2) is 39.2 Å². The Morgan fingerprint density at radius 2 is 1.83 bits per heavy atom. The van der Waals surface area contributed by atoms with Crippen LogP contribution in [0.15, 0.2) is 60.7 Å². The summed E-state index contributed by atoms with van der Waals surface area (Å²) in [4.78, 5) is 27.0. The summed E-state index contributed by atoms with van der Waals surface area (Å²) in [6.07, 6.45) is 1.01. The molecule has 3 aromatic carbocycles. The third kappa shape index (κ3) is 5.39. The number of fused-ring (bicyclic) bond motifs is 2. The maximum absolute atomic E-state index is 12.9. The Morgan fingerprint density at radius 1 is 1.03 bits per heavy atom. The van der Waals surface area contributed by atoms with Crippen LogP contribution >= 0.6 is 11.3 Å². The molecule has 5 rings (SSSR count). The Hall–Kier alpha value is -3.78. The van der Waals surface area contributed by atoms with E-state index < -0.39 is 5.60 Å². The lowest BCUT2D eigenvalue weighted by Crippen LogP contribution is -2.39. The minimum atomic E-state index is -0.529. The van der Waals surface area contributed by atoms with Crippen LogP contribution in [0.4, 0.5) is 9.93 Å². The van der Waals surface area contributed by atoms with Crippen molar-refractivity contribution in [3.05, 3.63) is 87.9 Å². The number of amides is 2. The standard InChI is InChI=1S/C28H28N4O3S/c1-28(2,3)35-27(34)32-14-13-19-15-21(11-12-22(19)17-32)25(33)29-26-31-30-24(36-26)16-20-9-6-8-18-7-4-5-10-23(18)20/h4-12,15H,13-14,16-17H2,1-3H3,(H,29,31,33). The molecule has 0 fully saturated rings. The largest absolute Gasteiger partial charge is 0.444 e. The SMILES string of the molecule is CC(C)(C)OC(=O)N1CCc2cc(C(=O)Nc3nnc(Cc4cccc5ccccc45)s3)ccc2C1. The predicted molar refractivity (Wildman–Crippen MR) is 141 cm³/mol. The Labute approximate surface area is 214 Å². The van der Waals surface area contributed by atoms with Gasteiger partial charge in [-0.25, -0.2) is 4.79 Å². The number of nitrogens with one attached hydrogen (secondary N) is 1. The third-order valence-corrected chi connectivity index (χ3v) is 6.88. The summed E-state index contributed by atoms with van der Waals surface area (Å²) in [5.74, 6) is -0.222. The van der Waals surface area contributed by atoms with Gasteiger partial charge in [0.05, 0.1) is 0 Å². The molecule has 184 valence electrons. The number of rotatable bonds is 4. The average molecular weight is 501 g/mol. The molecule has 0 radical (unpaired) electrons. The van der Waals surface area contributed by atoms with Gasteiger partial charge >= 0.3 is 6.09 Å². The average Bonchev–Trinajstić information content (AvgIpc) is 3.29. The van der Waals surface area contributed by atoms with Crippen LogP contribution in [0.5, 0.6) is 0 Å². The summed E-state index contributed by atoms with van der Waals surface area (Å²) in [5, 5.41) is 15.1. The predicted octanol–water partition coefficient (Wildman–Crippen LogP) is 5.83. The second-order valence-electron chi connectivity index (χ2n) is 9.91. The highest BCUT2D eigenvalue weighted by molar-refractivity contribution is 7.15. The van der Waals surface area contributed by atoms with E-state index in [1.165, 1.54) is 27.7 Å². The molecule has 0 spiro atoms. The van der Waals surface area contributed by atoms with Crippen molar-refractivity contribution in [3.63, 3.8) is 0 Å². The van der Waals surface area contributed by atoms with Crippen molar-refractivity contribution in [1.29, 1.82) is 0 Å². The molecule has 2 amide bonds. The Bertz CT molecular complexity index is 1440. The van der Waals surface area contributed by atoms with E-state index in [0.717, 1.165) is 16.1 Å². The molecular formula is C28H28N4O3S. The molecule has 1 aliphatic rings. The van der Waals surface area contributed by atoms with Gasteiger partial charge in [-0.05, 0) is 66.8 Å². The minimum absolute atomic E-state index is 0.222. The summed E-state index contributed by atoms with van der Waals surface area (Å²) in [6.45, 7) is 6.61. The minimum Gasteiger partial charge on any atom is -0.444 e. The first-order chi connectivity index (χ1) is 17.2. The fraction of sp³-hybridized carbons (Fsp3) is 0.286. The van der Waals surface area contributed by atoms with E-state index >= 15 is 0 Å². The van der Waals surface area contributed by atoms with Crippen LogP contribution in [0.1, 0.15) is 52.8 Å². The molecule has 0 saturated heterocycles. The Balaban J connectivity index is 1.24. The molecule has 1 aliphatic heterocycles. The Kier molecular flexibility index (Phi) is 6.45. The number of benzene rings is 3. The highest BCUT2D eigenvalue weighted by Crippen LogP contribution is 2.26. The molecule has 0 bridgehead atoms. The highest BCUT2D eigenvalue weighted by Gasteiger charge is 2.26. The second-order valence-corrected chi connectivity index (χ2v) is 11.0. The van der Waals surface area contributed by atoms with Crippen molar-refractivity contribution < 1.29 is 14.3 Å². The van der Waals surface area contributed by atoms with Crippen molar-refractivity contribution in [2.24, 2.45) is 0 Å². The van der Waals surface area contributed by atoms with E-state index in [2.05, 4.69) is 39.8 Å². The zero-order valence-electron chi connectivity index (χ0n) is 20.6. The van der Waals surface area contributed by atoms with Gasteiger partial charge in [0.2, 0.25) is 5.13 Å². The smallest absolute Gasteiger partial charge is 0.410 e. The molecule has 0 atom stereocenters. The van der Waals surface area contributed by atoms with E-state index in [4.69, 9.17) is 4.74 Å². The molecule has 1 aromatic heterocycles.